The highest BCUT2D eigenvalue weighted by molar-refractivity contribution is 7.29. The Morgan fingerprint density at radius 3 is 1.51 bits per heavy atom. The predicted octanol–water partition coefficient (Wildman–Crippen LogP) is 22.0. The fourth-order valence-electron chi connectivity index (χ4n) is 11.9. The summed E-state index contributed by atoms with van der Waals surface area (Å²) in [5, 5.41) is 13.6. The van der Waals surface area contributed by atoms with Crippen LogP contribution in [0.1, 0.15) is 191 Å². The zero-order valence-corrected chi connectivity index (χ0v) is 56.7. The van der Waals surface area contributed by atoms with E-state index in [2.05, 4.69) is 112 Å². The molecule has 1 amide bonds. The molecule has 0 aliphatic heterocycles. The molecule has 0 aliphatic rings. The number of para-hydroxylation sites is 1. The number of aromatic nitrogens is 1. The van der Waals surface area contributed by atoms with Crippen LogP contribution in [0.5, 0.6) is 0 Å². The maximum atomic E-state index is 15.5. The number of unbranched alkanes of at least 4 members (excludes halogenated alkanes) is 12. The minimum atomic E-state index is -3.63. The molecular formula is C72H91F2N3O4S4Si. The number of hydrogen-bond donors (Lipinski definition) is 0. The monoisotopic (exact) mass is 1260 g/mol. The molecule has 8 aromatic rings. The predicted molar refractivity (Wildman–Crippen MR) is 366 cm³/mol. The molecule has 0 fully saturated rings. The Balaban J connectivity index is 1.24. The van der Waals surface area contributed by atoms with Crippen molar-refractivity contribution in [2.24, 2.45) is 0 Å². The van der Waals surface area contributed by atoms with E-state index in [1.54, 1.807) is 17.4 Å². The fraction of sp³-hybridized carbons (Fsp3) is 0.472. The molecule has 460 valence electrons. The van der Waals surface area contributed by atoms with Crippen LogP contribution in [0.4, 0.5) is 8.78 Å². The van der Waals surface area contributed by atoms with Gasteiger partial charge < -0.3 is 22.7 Å². The number of aryl methyl sites for hydroxylation is 5. The number of carbonyl (C=O) groups is 1. The molecule has 0 saturated heterocycles. The van der Waals surface area contributed by atoms with Crippen LogP contribution in [-0.4, -0.2) is 50.2 Å². The zero-order chi connectivity index (χ0) is 61.0. The van der Waals surface area contributed by atoms with Crippen molar-refractivity contribution >= 4 is 87.9 Å². The number of hydrogen-bond acceptors (Lipinski definition) is 9. The van der Waals surface area contributed by atoms with Gasteiger partial charge >= 0.3 is 8.80 Å². The lowest BCUT2D eigenvalue weighted by molar-refractivity contribution is -0.127. The number of rotatable bonds is 37. The quantitative estimate of drug-likeness (QED) is 0.0168. The van der Waals surface area contributed by atoms with Gasteiger partial charge in [0.15, 0.2) is 0 Å². The summed E-state index contributed by atoms with van der Waals surface area (Å²) >= 11 is 7.47. The maximum absolute atomic E-state index is 15.5. The summed E-state index contributed by atoms with van der Waals surface area (Å²) in [6, 6.07) is 31.7. The number of amides is 1. The van der Waals surface area contributed by atoms with E-state index in [0.717, 1.165) is 98.9 Å². The third kappa shape index (κ3) is 16.6. The van der Waals surface area contributed by atoms with Gasteiger partial charge in [-0.2, -0.15) is 5.26 Å². The van der Waals surface area contributed by atoms with Gasteiger partial charge in [0.1, 0.15) is 23.3 Å². The molecule has 0 aliphatic carbocycles. The minimum absolute atomic E-state index is 0.131. The average molecular weight is 1260 g/mol. The lowest BCUT2D eigenvalue weighted by atomic mass is 10.0. The third-order valence-electron chi connectivity index (χ3n) is 16.3. The number of halogens is 2. The molecule has 0 radical (unpaired) electrons. The van der Waals surface area contributed by atoms with E-state index in [4.69, 9.17) is 13.3 Å². The van der Waals surface area contributed by atoms with E-state index in [-0.39, 0.29) is 37.1 Å². The van der Waals surface area contributed by atoms with Crippen LogP contribution in [0, 0.1) is 23.0 Å². The second kappa shape index (κ2) is 33.5. The summed E-state index contributed by atoms with van der Waals surface area (Å²) in [5.74, 6) is -2.24. The van der Waals surface area contributed by atoms with Gasteiger partial charge in [-0.05, 0) is 168 Å². The van der Waals surface area contributed by atoms with Crippen molar-refractivity contribution in [3.63, 3.8) is 0 Å². The average Bonchev–Trinajstić information content (AvgIpc) is 1.80. The lowest BCUT2D eigenvalue weighted by Gasteiger charge is -2.33. The van der Waals surface area contributed by atoms with Crippen molar-refractivity contribution in [2.45, 2.75) is 197 Å². The highest BCUT2D eigenvalue weighted by Crippen LogP contribution is 2.50. The highest BCUT2D eigenvalue weighted by Gasteiger charge is 2.45. The van der Waals surface area contributed by atoms with Gasteiger partial charge in [-0.1, -0.05) is 135 Å². The van der Waals surface area contributed by atoms with Crippen LogP contribution in [-0.2, 0) is 56.8 Å². The molecule has 5 aromatic heterocycles. The van der Waals surface area contributed by atoms with E-state index in [0.29, 0.717) is 0 Å². The van der Waals surface area contributed by atoms with Gasteiger partial charge in [0.25, 0.3) is 5.91 Å². The molecular weight excluding hydrogens is 1170 g/mol. The van der Waals surface area contributed by atoms with Gasteiger partial charge in [-0.25, -0.2) is 8.78 Å². The second-order valence-corrected chi connectivity index (χ2v) is 29.4. The minimum Gasteiger partial charge on any atom is -0.373 e. The molecule has 0 unspecified atom stereocenters. The molecule has 0 saturated carbocycles. The van der Waals surface area contributed by atoms with Crippen molar-refractivity contribution in [1.82, 2.24) is 9.47 Å². The van der Waals surface area contributed by atoms with E-state index in [1.165, 1.54) is 148 Å². The summed E-state index contributed by atoms with van der Waals surface area (Å²) in [6.07, 6.45) is 23.8. The summed E-state index contributed by atoms with van der Waals surface area (Å²) in [5.41, 5.74) is 8.75. The molecule has 3 aromatic carbocycles. The Morgan fingerprint density at radius 2 is 1.01 bits per heavy atom. The standard InChI is InChI=1S/C72H91F2N3O4S4Si/c1-9-17-21-25-32-51-43-66(82-64(51)47-56(48-75)72(78)76(49-59-60(73)37-31-38-61(59)74)50-86(79-14-6,80-15-7)81-16-8)69-54(34-27-23-19-11-3)45-68(84-69)71-55(35-28-24-20-12-4)46-67(85-71)70-53(33-26-22-18-10-2)44-65(83-70)52-40-41-63-58(42-52)57-36-29-30-39-62(57)77(63)13-5/h29-31,36-47H,9-28,32-35,49-50H2,1-8H3/b56-47+. The molecule has 0 bridgehead atoms. The van der Waals surface area contributed by atoms with Crippen molar-refractivity contribution < 1.29 is 26.9 Å². The van der Waals surface area contributed by atoms with Crippen molar-refractivity contribution in [1.29, 1.82) is 5.26 Å². The van der Waals surface area contributed by atoms with E-state index >= 15 is 13.6 Å². The first-order valence-corrected chi connectivity index (χ1v) is 37.5. The SMILES string of the molecule is CCCCCCc1cc(-c2sc(-c3sc(-c4sc(-c5ccc6c(c5)c5ccccc5n6CC)cc4CCCCCC)cc3CCCCCC)cc2CCCCCC)sc1/C=C(\C#N)C(=O)N(Cc1c(F)cccc1F)C[Si](OCC)(OCC)OCC. The van der Waals surface area contributed by atoms with Gasteiger partial charge in [0.2, 0.25) is 0 Å². The first-order chi connectivity index (χ1) is 42.0. The number of fused-ring (bicyclic) bond motifs is 3. The normalized spacial score (nSPS) is 12.1. The maximum Gasteiger partial charge on any atom is 0.521 e. The van der Waals surface area contributed by atoms with Gasteiger partial charge in [0.05, 0.1) is 12.7 Å². The largest absolute Gasteiger partial charge is 0.521 e. The van der Waals surface area contributed by atoms with Crippen LogP contribution >= 0.6 is 45.3 Å². The molecule has 7 nitrogen and oxygen atoms in total. The lowest BCUT2D eigenvalue weighted by Crippen LogP contribution is -2.56. The summed E-state index contributed by atoms with van der Waals surface area (Å²) in [6.45, 7) is 17.9. The number of benzene rings is 3. The summed E-state index contributed by atoms with van der Waals surface area (Å²) in [4.78, 5) is 26.3. The smallest absolute Gasteiger partial charge is 0.373 e. The Morgan fingerprint density at radius 1 is 0.547 bits per heavy atom. The van der Waals surface area contributed by atoms with Crippen molar-refractivity contribution in [3.05, 3.63) is 135 Å². The first-order valence-electron chi connectivity index (χ1n) is 32.3. The number of nitrogens with zero attached hydrogens (tertiary/aromatic N) is 3. The second-order valence-electron chi connectivity index (χ2n) is 22.6. The van der Waals surface area contributed by atoms with Gasteiger partial charge in [0, 0.05) is 92.8 Å². The first kappa shape index (κ1) is 66.9. The topological polar surface area (TPSA) is 76.7 Å². The van der Waals surface area contributed by atoms with E-state index in [9.17, 15) is 5.26 Å². The van der Waals surface area contributed by atoms with Crippen LogP contribution in [0.2, 0.25) is 0 Å². The highest BCUT2D eigenvalue weighted by atomic mass is 32.1. The molecule has 14 heteroatoms. The van der Waals surface area contributed by atoms with Gasteiger partial charge in [-0.15, -0.1) is 45.3 Å². The van der Waals surface area contributed by atoms with Crippen LogP contribution in [0.25, 0.3) is 67.6 Å². The Bertz CT molecular complexity index is 3510. The van der Waals surface area contributed by atoms with E-state index < -0.39 is 32.9 Å². The number of nitriles is 1. The number of carbonyl (C=O) groups excluding carboxylic acids is 1. The number of thiophene rings is 4. The van der Waals surface area contributed by atoms with E-state index in [1.807, 2.05) is 54.8 Å². The Kier molecular flexibility index (Phi) is 26.0. The molecule has 86 heavy (non-hydrogen) atoms. The van der Waals surface area contributed by atoms with Crippen LogP contribution in [0.3, 0.4) is 0 Å². The molecule has 0 spiro atoms. The van der Waals surface area contributed by atoms with Crippen molar-refractivity contribution in [2.75, 3.05) is 26.0 Å². The third-order valence-corrected chi connectivity index (χ3v) is 24.5. The molecule has 8 rings (SSSR count). The van der Waals surface area contributed by atoms with Crippen LogP contribution < -0.4 is 0 Å². The zero-order valence-electron chi connectivity index (χ0n) is 52.4. The fourth-order valence-corrected chi connectivity index (χ4v) is 19.7. The summed E-state index contributed by atoms with van der Waals surface area (Å²) < 4.78 is 52.0. The van der Waals surface area contributed by atoms with Crippen molar-refractivity contribution in [3.8, 4) is 45.8 Å². The van der Waals surface area contributed by atoms with Crippen LogP contribution in [0.15, 0.2) is 90.5 Å². The Labute approximate surface area is 529 Å². The molecule has 0 N–H and O–H groups in total. The Hall–Kier alpha value is -5.08. The van der Waals surface area contributed by atoms with Gasteiger partial charge in [-0.3, -0.25) is 4.79 Å². The summed E-state index contributed by atoms with van der Waals surface area (Å²) in [7, 11) is -3.63. The molecule has 0 atom stereocenters. The molecule has 5 heterocycles.